The molecule has 0 bridgehead atoms. The Kier molecular flexibility index (Phi) is 61.9. The van der Waals surface area contributed by atoms with Crippen molar-refractivity contribution >= 4 is 11.9 Å². The average molecular weight is 1030 g/mol. The predicted octanol–water partition coefficient (Wildman–Crippen LogP) is 21.2. The molecule has 0 saturated carbocycles. The molecule has 0 aliphatic rings. The predicted molar refractivity (Wildman–Crippen MR) is 320 cm³/mol. The highest BCUT2D eigenvalue weighted by atomic mass is 16.5. The van der Waals surface area contributed by atoms with Crippen molar-refractivity contribution in [1.29, 1.82) is 0 Å². The SMILES string of the molecule is CCCCCCCCC/C=C\CCCCCCCCCC(=O)OCCCCCCCCCCCCCCCCCCCCCCCC(=O)NC(CO)C(O)CCCCCCCCCCCCCCCCCCC. The number of hydrogen-bond donors (Lipinski definition) is 3. The summed E-state index contributed by atoms with van der Waals surface area (Å²) in [6.45, 7) is 4.98. The highest BCUT2D eigenvalue weighted by Crippen LogP contribution is 2.19. The molecule has 0 saturated heterocycles. The molecule has 0 spiro atoms. The molecule has 2 atom stereocenters. The fourth-order valence-electron chi connectivity index (χ4n) is 10.7. The molecule has 2 unspecified atom stereocenters. The molecule has 0 aromatic carbocycles. The second-order valence-electron chi connectivity index (χ2n) is 23.2. The van der Waals surface area contributed by atoms with Gasteiger partial charge in [0.15, 0.2) is 0 Å². The van der Waals surface area contributed by atoms with E-state index in [0.29, 0.717) is 25.9 Å². The van der Waals surface area contributed by atoms with Crippen molar-refractivity contribution in [3.63, 3.8) is 0 Å². The number of amides is 1. The Bertz CT molecular complexity index is 1100. The summed E-state index contributed by atoms with van der Waals surface area (Å²) in [5, 5.41) is 23.4. The van der Waals surface area contributed by atoms with Gasteiger partial charge < -0.3 is 20.3 Å². The maximum absolute atomic E-state index is 12.5. The number of hydrogen-bond acceptors (Lipinski definition) is 5. The molecule has 1 amide bonds. The summed E-state index contributed by atoms with van der Waals surface area (Å²) < 4.78 is 5.50. The Morgan fingerprint density at radius 3 is 0.973 bits per heavy atom. The Balaban J connectivity index is 3.37. The van der Waals surface area contributed by atoms with Gasteiger partial charge in [0, 0.05) is 12.8 Å². The maximum Gasteiger partial charge on any atom is 0.305 e. The van der Waals surface area contributed by atoms with E-state index in [1.54, 1.807) is 0 Å². The molecular weight excluding hydrogens is 899 g/mol. The van der Waals surface area contributed by atoms with E-state index in [4.69, 9.17) is 4.74 Å². The first-order chi connectivity index (χ1) is 36.0. The van der Waals surface area contributed by atoms with Gasteiger partial charge in [0.05, 0.1) is 25.4 Å². The molecule has 0 fully saturated rings. The molecule has 434 valence electrons. The fraction of sp³-hybridized carbons (Fsp3) is 0.940. The minimum atomic E-state index is -0.665. The van der Waals surface area contributed by atoms with Crippen LogP contribution in [-0.2, 0) is 14.3 Å². The van der Waals surface area contributed by atoms with Crippen LogP contribution in [0.3, 0.4) is 0 Å². The van der Waals surface area contributed by atoms with Gasteiger partial charge in [0.2, 0.25) is 5.91 Å². The molecular formula is C67H131NO5. The van der Waals surface area contributed by atoms with Gasteiger partial charge in [-0.05, 0) is 51.4 Å². The summed E-state index contributed by atoms with van der Waals surface area (Å²) in [7, 11) is 0. The third kappa shape index (κ3) is 59.7. The van der Waals surface area contributed by atoms with Crippen LogP contribution in [0.25, 0.3) is 0 Å². The van der Waals surface area contributed by atoms with Gasteiger partial charge in [-0.1, -0.05) is 328 Å². The van der Waals surface area contributed by atoms with Crippen molar-refractivity contribution < 1.29 is 24.5 Å². The lowest BCUT2D eigenvalue weighted by Crippen LogP contribution is -2.45. The monoisotopic (exact) mass is 1030 g/mol. The largest absolute Gasteiger partial charge is 0.466 e. The Morgan fingerprint density at radius 1 is 0.370 bits per heavy atom. The minimum absolute atomic E-state index is 0.0102. The topological polar surface area (TPSA) is 95.9 Å². The maximum atomic E-state index is 12.5. The number of carbonyl (C=O) groups is 2. The van der Waals surface area contributed by atoms with Gasteiger partial charge in [0.1, 0.15) is 0 Å². The van der Waals surface area contributed by atoms with Crippen LogP contribution in [0.15, 0.2) is 12.2 Å². The first-order valence-electron chi connectivity index (χ1n) is 33.4. The summed E-state index contributed by atoms with van der Waals surface area (Å²) in [5.74, 6) is -0.0222. The number of unbranched alkanes of at least 4 members (excludes halogenated alkanes) is 50. The first-order valence-corrected chi connectivity index (χ1v) is 33.4. The smallest absolute Gasteiger partial charge is 0.305 e. The third-order valence-corrected chi connectivity index (χ3v) is 15.8. The standard InChI is InChI=1S/C67H131NO5/c1-3-5-7-9-11-13-15-17-19-21-29-33-37-41-45-49-53-57-61-67(72)73-62-58-54-50-46-42-38-34-30-26-24-22-23-25-28-32-36-40-44-48-52-56-60-66(71)68-64(63-69)65(70)59-55-51-47-43-39-35-31-27-20-18-16-14-12-10-8-6-4-2/h19,21,64-65,69-70H,3-18,20,22-63H2,1-2H3,(H,68,71)/b21-19-. The number of allylic oxidation sites excluding steroid dienone is 2. The second kappa shape index (κ2) is 63.1. The van der Waals surface area contributed by atoms with Gasteiger partial charge in [-0.25, -0.2) is 0 Å². The van der Waals surface area contributed by atoms with Gasteiger partial charge in [0.25, 0.3) is 0 Å². The zero-order chi connectivity index (χ0) is 52.9. The molecule has 3 N–H and O–H groups in total. The summed E-state index contributed by atoms with van der Waals surface area (Å²) in [4.78, 5) is 24.6. The van der Waals surface area contributed by atoms with E-state index in [1.165, 1.54) is 302 Å². The van der Waals surface area contributed by atoms with E-state index >= 15 is 0 Å². The van der Waals surface area contributed by atoms with Gasteiger partial charge >= 0.3 is 5.97 Å². The number of ether oxygens (including phenoxy) is 1. The van der Waals surface area contributed by atoms with E-state index in [1.807, 2.05) is 0 Å². The molecule has 0 aliphatic heterocycles. The Morgan fingerprint density at radius 2 is 0.644 bits per heavy atom. The molecule has 0 heterocycles. The molecule has 0 aliphatic carbocycles. The van der Waals surface area contributed by atoms with Crippen molar-refractivity contribution in [2.24, 2.45) is 0 Å². The van der Waals surface area contributed by atoms with Crippen LogP contribution in [0.1, 0.15) is 380 Å². The molecule has 6 heteroatoms. The van der Waals surface area contributed by atoms with Gasteiger partial charge in [-0.3, -0.25) is 9.59 Å². The molecule has 73 heavy (non-hydrogen) atoms. The van der Waals surface area contributed by atoms with E-state index < -0.39 is 12.1 Å². The number of aliphatic hydroxyl groups is 2. The van der Waals surface area contributed by atoms with Crippen LogP contribution in [0.2, 0.25) is 0 Å². The van der Waals surface area contributed by atoms with Crippen LogP contribution >= 0.6 is 0 Å². The second-order valence-corrected chi connectivity index (χ2v) is 23.2. The summed E-state index contributed by atoms with van der Waals surface area (Å²) in [6.07, 6.45) is 76.6. The Labute approximate surface area is 457 Å². The molecule has 0 rings (SSSR count). The highest BCUT2D eigenvalue weighted by molar-refractivity contribution is 5.76. The lowest BCUT2D eigenvalue weighted by molar-refractivity contribution is -0.143. The highest BCUT2D eigenvalue weighted by Gasteiger charge is 2.20. The number of esters is 1. The molecule has 0 radical (unpaired) electrons. The van der Waals surface area contributed by atoms with E-state index in [-0.39, 0.29) is 18.5 Å². The van der Waals surface area contributed by atoms with Crippen molar-refractivity contribution in [2.75, 3.05) is 13.2 Å². The number of nitrogens with one attached hydrogen (secondary N) is 1. The zero-order valence-corrected chi connectivity index (χ0v) is 49.6. The number of carbonyl (C=O) groups excluding carboxylic acids is 2. The molecule has 0 aromatic heterocycles. The molecule has 6 nitrogen and oxygen atoms in total. The lowest BCUT2D eigenvalue weighted by atomic mass is 10.0. The van der Waals surface area contributed by atoms with E-state index in [0.717, 1.165) is 44.9 Å². The van der Waals surface area contributed by atoms with Crippen molar-refractivity contribution in [1.82, 2.24) is 5.32 Å². The zero-order valence-electron chi connectivity index (χ0n) is 49.6. The lowest BCUT2D eigenvalue weighted by Gasteiger charge is -2.22. The van der Waals surface area contributed by atoms with Crippen LogP contribution in [0.4, 0.5) is 0 Å². The van der Waals surface area contributed by atoms with Crippen LogP contribution in [-0.4, -0.2) is 47.4 Å². The molecule has 0 aromatic rings. The van der Waals surface area contributed by atoms with Crippen molar-refractivity contribution in [3.8, 4) is 0 Å². The van der Waals surface area contributed by atoms with E-state index in [2.05, 4.69) is 31.3 Å². The number of aliphatic hydroxyl groups excluding tert-OH is 2. The van der Waals surface area contributed by atoms with Gasteiger partial charge in [-0.2, -0.15) is 0 Å². The first kappa shape index (κ1) is 71.6. The number of rotatable bonds is 63. The fourth-order valence-corrected chi connectivity index (χ4v) is 10.7. The van der Waals surface area contributed by atoms with Crippen molar-refractivity contribution in [3.05, 3.63) is 12.2 Å². The van der Waals surface area contributed by atoms with Gasteiger partial charge in [-0.15, -0.1) is 0 Å². The summed E-state index contributed by atoms with van der Waals surface area (Å²) >= 11 is 0. The quantitative estimate of drug-likeness (QED) is 0.0320. The van der Waals surface area contributed by atoms with Crippen molar-refractivity contribution in [2.45, 2.75) is 392 Å². The average Bonchev–Trinajstić information content (AvgIpc) is 3.39. The normalized spacial score (nSPS) is 12.5. The van der Waals surface area contributed by atoms with Crippen LogP contribution in [0.5, 0.6) is 0 Å². The summed E-state index contributed by atoms with van der Waals surface area (Å²) in [5.41, 5.74) is 0. The van der Waals surface area contributed by atoms with Crippen LogP contribution in [0, 0.1) is 0 Å². The third-order valence-electron chi connectivity index (χ3n) is 15.8. The Hall–Kier alpha value is -1.40. The van der Waals surface area contributed by atoms with Crippen LogP contribution < -0.4 is 5.32 Å². The van der Waals surface area contributed by atoms with E-state index in [9.17, 15) is 19.8 Å². The minimum Gasteiger partial charge on any atom is -0.466 e. The summed E-state index contributed by atoms with van der Waals surface area (Å²) in [6, 6.07) is -0.542.